The SMILES string of the molecule is CCOc1cc(Cl)c(NC(=O)C(N=Nc2ccc(OC)cc2OC)C(C)=O)cc1OCC. The second-order valence-corrected chi connectivity index (χ2v) is 6.81. The topological polar surface area (TPSA) is 108 Å². The number of halogens is 1. The minimum absolute atomic E-state index is 0.223. The van der Waals surface area contributed by atoms with E-state index in [4.69, 9.17) is 30.5 Å². The highest BCUT2D eigenvalue weighted by atomic mass is 35.5. The molecule has 1 unspecified atom stereocenters. The first-order valence-corrected chi connectivity index (χ1v) is 10.3. The van der Waals surface area contributed by atoms with Crippen LogP contribution in [0.25, 0.3) is 0 Å². The highest BCUT2D eigenvalue weighted by Gasteiger charge is 2.25. The first-order chi connectivity index (χ1) is 15.3. The average Bonchev–Trinajstić information content (AvgIpc) is 2.77. The van der Waals surface area contributed by atoms with Crippen molar-refractivity contribution in [2.24, 2.45) is 10.2 Å². The van der Waals surface area contributed by atoms with Crippen molar-refractivity contribution in [1.29, 1.82) is 0 Å². The standard InChI is InChI=1S/C22H26ClN3O6/c1-6-31-19-11-15(23)17(12-20(19)32-7-2)24-22(28)21(13(3)27)26-25-16-9-8-14(29-4)10-18(16)30-5/h8-12,21H,6-7H2,1-5H3,(H,24,28). The van der Waals surface area contributed by atoms with Gasteiger partial charge >= 0.3 is 0 Å². The molecule has 0 spiro atoms. The number of azo groups is 1. The molecule has 1 N–H and O–H groups in total. The van der Waals surface area contributed by atoms with Crippen molar-refractivity contribution < 1.29 is 28.5 Å². The van der Waals surface area contributed by atoms with E-state index < -0.39 is 17.7 Å². The quantitative estimate of drug-likeness (QED) is 0.377. The number of hydrogen-bond donors (Lipinski definition) is 1. The number of nitrogens with zero attached hydrogens (tertiary/aromatic N) is 2. The Morgan fingerprint density at radius 2 is 1.66 bits per heavy atom. The number of anilines is 1. The Balaban J connectivity index is 2.29. The molecule has 0 fully saturated rings. The summed E-state index contributed by atoms with van der Waals surface area (Å²) in [5.41, 5.74) is 0.595. The smallest absolute Gasteiger partial charge is 0.258 e. The maximum Gasteiger partial charge on any atom is 0.258 e. The zero-order chi connectivity index (χ0) is 23.7. The van der Waals surface area contributed by atoms with E-state index in [1.54, 1.807) is 18.2 Å². The lowest BCUT2D eigenvalue weighted by atomic mass is 10.2. The first kappa shape index (κ1) is 24.9. The Labute approximate surface area is 191 Å². The number of rotatable bonds is 11. The second-order valence-electron chi connectivity index (χ2n) is 6.40. The van der Waals surface area contributed by atoms with Crippen LogP contribution in [0.3, 0.4) is 0 Å². The van der Waals surface area contributed by atoms with Gasteiger partial charge in [-0.2, -0.15) is 10.2 Å². The van der Waals surface area contributed by atoms with Crippen LogP contribution < -0.4 is 24.3 Å². The van der Waals surface area contributed by atoms with Gasteiger partial charge in [0.25, 0.3) is 5.91 Å². The molecule has 9 nitrogen and oxygen atoms in total. The van der Waals surface area contributed by atoms with E-state index in [0.29, 0.717) is 41.9 Å². The first-order valence-electron chi connectivity index (χ1n) is 9.87. The van der Waals surface area contributed by atoms with Crippen molar-refractivity contribution >= 4 is 34.7 Å². The number of Topliss-reactive ketones (excluding diaryl/α,β-unsaturated/α-hetero) is 1. The van der Waals surface area contributed by atoms with Gasteiger partial charge in [0, 0.05) is 18.2 Å². The fourth-order valence-corrected chi connectivity index (χ4v) is 2.88. The normalized spacial score (nSPS) is 11.7. The zero-order valence-electron chi connectivity index (χ0n) is 18.6. The largest absolute Gasteiger partial charge is 0.497 e. The van der Waals surface area contributed by atoms with E-state index >= 15 is 0 Å². The van der Waals surface area contributed by atoms with Crippen molar-refractivity contribution in [2.45, 2.75) is 26.8 Å². The maximum atomic E-state index is 12.8. The van der Waals surface area contributed by atoms with Gasteiger partial charge in [-0.25, -0.2) is 0 Å². The van der Waals surface area contributed by atoms with E-state index in [0.717, 1.165) is 0 Å². The van der Waals surface area contributed by atoms with Crippen molar-refractivity contribution in [3.8, 4) is 23.0 Å². The molecule has 172 valence electrons. The molecule has 0 aliphatic carbocycles. The molecule has 0 aliphatic heterocycles. The predicted molar refractivity (Wildman–Crippen MR) is 121 cm³/mol. The number of nitrogens with one attached hydrogen (secondary N) is 1. The minimum atomic E-state index is -1.39. The Kier molecular flexibility index (Phi) is 9.27. The van der Waals surface area contributed by atoms with Crippen LogP contribution in [0.2, 0.25) is 5.02 Å². The summed E-state index contributed by atoms with van der Waals surface area (Å²) < 4.78 is 21.5. The highest BCUT2D eigenvalue weighted by molar-refractivity contribution is 6.34. The summed E-state index contributed by atoms with van der Waals surface area (Å²) in [5, 5.41) is 10.8. The van der Waals surface area contributed by atoms with Crippen molar-refractivity contribution in [1.82, 2.24) is 0 Å². The molecule has 2 aromatic carbocycles. The van der Waals surface area contributed by atoms with Gasteiger partial charge in [0.2, 0.25) is 6.04 Å². The van der Waals surface area contributed by atoms with Gasteiger partial charge in [-0.05, 0) is 32.9 Å². The van der Waals surface area contributed by atoms with Crippen molar-refractivity contribution in [3.63, 3.8) is 0 Å². The van der Waals surface area contributed by atoms with E-state index in [2.05, 4.69) is 15.5 Å². The molecule has 0 bridgehead atoms. The number of amides is 1. The molecule has 1 atom stereocenters. The average molecular weight is 464 g/mol. The second kappa shape index (κ2) is 11.9. The lowest BCUT2D eigenvalue weighted by Gasteiger charge is -2.15. The maximum absolute atomic E-state index is 12.8. The molecule has 0 aliphatic rings. The summed E-state index contributed by atoms with van der Waals surface area (Å²) in [6.45, 7) is 5.72. The molecule has 2 aromatic rings. The molecule has 0 aromatic heterocycles. The molecule has 0 radical (unpaired) electrons. The molecular weight excluding hydrogens is 438 g/mol. The van der Waals surface area contributed by atoms with Crippen molar-refractivity contribution in [3.05, 3.63) is 35.4 Å². The number of hydrogen-bond acceptors (Lipinski definition) is 8. The van der Waals surface area contributed by atoms with Gasteiger partial charge in [0.1, 0.15) is 17.2 Å². The Bertz CT molecular complexity index is 996. The third kappa shape index (κ3) is 6.34. The summed E-state index contributed by atoms with van der Waals surface area (Å²) in [7, 11) is 2.99. The lowest BCUT2D eigenvalue weighted by molar-refractivity contribution is -0.126. The van der Waals surface area contributed by atoms with Gasteiger partial charge < -0.3 is 24.3 Å². The van der Waals surface area contributed by atoms with Crippen LogP contribution in [0.15, 0.2) is 40.6 Å². The van der Waals surface area contributed by atoms with Crippen LogP contribution in [0.4, 0.5) is 11.4 Å². The number of ketones is 1. The highest BCUT2D eigenvalue weighted by Crippen LogP contribution is 2.37. The van der Waals surface area contributed by atoms with Crippen LogP contribution in [-0.4, -0.2) is 45.2 Å². The Morgan fingerprint density at radius 1 is 1.00 bits per heavy atom. The fourth-order valence-electron chi connectivity index (χ4n) is 2.67. The molecular formula is C22H26ClN3O6. The minimum Gasteiger partial charge on any atom is -0.497 e. The molecule has 32 heavy (non-hydrogen) atoms. The summed E-state index contributed by atoms with van der Waals surface area (Å²) in [6.07, 6.45) is 0. The van der Waals surface area contributed by atoms with Crippen LogP contribution in [0.1, 0.15) is 20.8 Å². The fraction of sp³-hybridized carbons (Fsp3) is 0.364. The predicted octanol–water partition coefficient (Wildman–Crippen LogP) is 4.83. The van der Waals surface area contributed by atoms with E-state index in [9.17, 15) is 9.59 Å². The lowest BCUT2D eigenvalue weighted by Crippen LogP contribution is -2.32. The van der Waals surface area contributed by atoms with Gasteiger partial charge in [0.15, 0.2) is 17.3 Å². The van der Waals surface area contributed by atoms with E-state index in [1.165, 1.54) is 33.3 Å². The molecule has 0 saturated heterocycles. The zero-order valence-corrected chi connectivity index (χ0v) is 19.4. The van der Waals surface area contributed by atoms with Crippen LogP contribution in [0, 0.1) is 0 Å². The third-order valence-electron chi connectivity index (χ3n) is 4.19. The van der Waals surface area contributed by atoms with Crippen molar-refractivity contribution in [2.75, 3.05) is 32.8 Å². The van der Waals surface area contributed by atoms with Gasteiger partial charge in [-0.1, -0.05) is 11.6 Å². The number of ether oxygens (including phenoxy) is 4. The van der Waals surface area contributed by atoms with Gasteiger partial charge in [-0.3, -0.25) is 9.59 Å². The Morgan fingerprint density at radius 3 is 2.22 bits per heavy atom. The molecule has 1 amide bonds. The van der Waals surface area contributed by atoms with Crippen LogP contribution in [0.5, 0.6) is 23.0 Å². The van der Waals surface area contributed by atoms with Gasteiger partial charge in [0.05, 0.1) is 38.1 Å². The van der Waals surface area contributed by atoms with Crippen LogP contribution in [-0.2, 0) is 9.59 Å². The number of carbonyl (C=O) groups excluding carboxylic acids is 2. The third-order valence-corrected chi connectivity index (χ3v) is 4.50. The van der Waals surface area contributed by atoms with Crippen LogP contribution >= 0.6 is 11.6 Å². The summed E-state index contributed by atoms with van der Waals surface area (Å²) in [6, 6.07) is 6.57. The molecule has 10 heteroatoms. The monoisotopic (exact) mass is 463 g/mol. The summed E-state index contributed by atoms with van der Waals surface area (Å²) in [5.74, 6) is 0.626. The Hall–Kier alpha value is -3.33. The number of methoxy groups -OCH3 is 2. The van der Waals surface area contributed by atoms with E-state index in [1.807, 2.05) is 13.8 Å². The number of carbonyl (C=O) groups is 2. The molecule has 0 heterocycles. The van der Waals surface area contributed by atoms with E-state index in [-0.39, 0.29) is 10.7 Å². The number of benzene rings is 2. The van der Waals surface area contributed by atoms with Gasteiger partial charge in [-0.15, -0.1) is 0 Å². The molecule has 0 saturated carbocycles. The summed E-state index contributed by atoms with van der Waals surface area (Å²) in [4.78, 5) is 24.9. The molecule has 2 rings (SSSR count). The summed E-state index contributed by atoms with van der Waals surface area (Å²) >= 11 is 6.29.